The summed E-state index contributed by atoms with van der Waals surface area (Å²) in [7, 11) is 1.48. The zero-order valence-electron chi connectivity index (χ0n) is 19.0. The van der Waals surface area contributed by atoms with Crippen LogP contribution in [0.5, 0.6) is 5.75 Å². The van der Waals surface area contributed by atoms with E-state index in [1.165, 1.54) is 19.3 Å². The van der Waals surface area contributed by atoms with Crippen LogP contribution in [0, 0.1) is 16.0 Å². The molecule has 8 nitrogen and oxygen atoms in total. The Balaban J connectivity index is 1.76. The summed E-state index contributed by atoms with van der Waals surface area (Å²) in [4.78, 5) is 40.7. The van der Waals surface area contributed by atoms with Crippen molar-refractivity contribution < 1.29 is 19.6 Å². The van der Waals surface area contributed by atoms with Crippen molar-refractivity contribution in [2.45, 2.75) is 39.0 Å². The number of nitro groups is 1. The number of nitro benzene ring substituents is 1. The molecule has 3 aromatic rings. The van der Waals surface area contributed by atoms with Gasteiger partial charge >= 0.3 is 0 Å². The van der Waals surface area contributed by atoms with E-state index in [1.807, 2.05) is 6.92 Å². The number of amides is 1. The molecule has 0 aliphatic carbocycles. The number of pyridine rings is 1. The molecule has 1 unspecified atom stereocenters. The van der Waals surface area contributed by atoms with Crippen LogP contribution in [0.1, 0.15) is 58.9 Å². The summed E-state index contributed by atoms with van der Waals surface area (Å²) < 4.78 is 0.463. The van der Waals surface area contributed by atoms with Crippen LogP contribution in [0.2, 0.25) is 0 Å². The Morgan fingerprint density at radius 1 is 1.24 bits per heavy atom. The molecule has 1 aromatic heterocycles. The molecule has 0 spiro atoms. The molecule has 0 radical (unpaired) electrons. The van der Waals surface area contributed by atoms with Crippen molar-refractivity contribution in [2.24, 2.45) is 5.92 Å². The van der Waals surface area contributed by atoms with E-state index in [9.17, 15) is 24.8 Å². The fraction of sp³-hybridized carbons (Fsp3) is 0.320. The molecule has 0 saturated heterocycles. The topological polar surface area (TPSA) is 122 Å². The monoisotopic (exact) mass is 527 g/mol. The van der Waals surface area contributed by atoms with Crippen LogP contribution in [0.25, 0.3) is 10.8 Å². The Morgan fingerprint density at radius 3 is 2.68 bits per heavy atom. The maximum absolute atomic E-state index is 13.1. The molecule has 0 saturated carbocycles. The van der Waals surface area contributed by atoms with E-state index in [4.69, 9.17) is 0 Å². The molecular formula is C25H26BrN3O5. The van der Waals surface area contributed by atoms with Crippen LogP contribution in [-0.2, 0) is 6.42 Å². The fourth-order valence-electron chi connectivity index (χ4n) is 4.20. The number of Topliss-reactive ketones (excluding diaryl/α,β-unsaturated/α-hetero) is 1. The molecule has 3 rings (SSSR count). The number of phenols is 1. The highest BCUT2D eigenvalue weighted by molar-refractivity contribution is 9.10. The van der Waals surface area contributed by atoms with Gasteiger partial charge in [-0.25, -0.2) is 0 Å². The first-order valence-corrected chi connectivity index (χ1v) is 11.8. The summed E-state index contributed by atoms with van der Waals surface area (Å²) in [6.07, 6.45) is 5.70. The number of ketones is 1. The third-order valence-corrected chi connectivity index (χ3v) is 6.47. The van der Waals surface area contributed by atoms with Crippen LogP contribution in [-0.4, -0.2) is 33.8 Å². The standard InChI is InChI=1S/C25H26BrN3O5/c1-3-15(10-23(31)20-14-28-13-16-7-5-9-22(30)24(16)20)6-4-8-18-19(25(32)27-2)11-17(26)12-21(18)29(33)34/h5,7,9,11-15,30H,3-4,6,8,10H2,1-2H3,(H,27,32). The van der Waals surface area contributed by atoms with Crippen molar-refractivity contribution in [3.63, 3.8) is 0 Å². The van der Waals surface area contributed by atoms with Gasteiger partial charge in [0.1, 0.15) is 5.75 Å². The largest absolute Gasteiger partial charge is 0.507 e. The second kappa shape index (κ2) is 11.2. The maximum atomic E-state index is 13.1. The number of nitrogens with zero attached hydrogens (tertiary/aromatic N) is 2. The third-order valence-electron chi connectivity index (χ3n) is 6.01. The first kappa shape index (κ1) is 25.3. The first-order valence-electron chi connectivity index (χ1n) is 11.0. The van der Waals surface area contributed by atoms with Gasteiger partial charge in [-0.3, -0.25) is 24.7 Å². The second-order valence-corrected chi connectivity index (χ2v) is 9.06. The van der Waals surface area contributed by atoms with E-state index in [-0.39, 0.29) is 41.0 Å². The Hall–Kier alpha value is -3.33. The predicted octanol–water partition coefficient (Wildman–Crippen LogP) is 5.59. The van der Waals surface area contributed by atoms with Gasteiger partial charge in [0, 0.05) is 58.3 Å². The lowest BCUT2D eigenvalue weighted by Crippen LogP contribution is -2.20. The van der Waals surface area contributed by atoms with E-state index in [0.717, 1.165) is 6.42 Å². The molecule has 1 atom stereocenters. The zero-order valence-corrected chi connectivity index (χ0v) is 20.6. The van der Waals surface area contributed by atoms with Crippen molar-refractivity contribution in [3.8, 4) is 5.75 Å². The van der Waals surface area contributed by atoms with Gasteiger partial charge in [-0.15, -0.1) is 0 Å². The Bertz CT molecular complexity index is 1240. The van der Waals surface area contributed by atoms with Gasteiger partial charge in [-0.2, -0.15) is 0 Å². The number of nitrogens with one attached hydrogen (secondary N) is 1. The van der Waals surface area contributed by atoms with Gasteiger partial charge in [0.2, 0.25) is 0 Å². The number of rotatable bonds is 10. The van der Waals surface area contributed by atoms with Crippen LogP contribution in [0.15, 0.2) is 47.2 Å². The predicted molar refractivity (Wildman–Crippen MR) is 133 cm³/mol. The summed E-state index contributed by atoms with van der Waals surface area (Å²) in [6.45, 7) is 1.99. The lowest BCUT2D eigenvalue weighted by Gasteiger charge is -2.16. The smallest absolute Gasteiger partial charge is 0.274 e. The highest BCUT2D eigenvalue weighted by Gasteiger charge is 2.23. The molecule has 0 fully saturated rings. The summed E-state index contributed by atoms with van der Waals surface area (Å²) in [5.41, 5.74) is 0.941. The summed E-state index contributed by atoms with van der Waals surface area (Å²) in [6, 6.07) is 8.04. The summed E-state index contributed by atoms with van der Waals surface area (Å²) in [5.74, 6) is -0.399. The number of hydrogen-bond acceptors (Lipinski definition) is 6. The Labute approximate surface area is 205 Å². The molecule has 2 aromatic carbocycles. The van der Waals surface area contributed by atoms with Crippen molar-refractivity contribution in [1.29, 1.82) is 0 Å². The molecule has 1 amide bonds. The van der Waals surface area contributed by atoms with Crippen molar-refractivity contribution in [1.82, 2.24) is 10.3 Å². The minimum absolute atomic E-state index is 0.0422. The number of carbonyl (C=O) groups excluding carboxylic acids is 2. The molecule has 2 N–H and O–H groups in total. The number of hydrogen-bond donors (Lipinski definition) is 2. The quantitative estimate of drug-likeness (QED) is 0.201. The SMILES string of the molecule is CCC(CCCc1c(C(=O)NC)cc(Br)cc1[N+](=O)[O-])CC(=O)c1cncc2cccc(O)c12. The zero-order chi connectivity index (χ0) is 24.8. The molecule has 178 valence electrons. The number of carbonyl (C=O) groups is 2. The molecule has 0 bridgehead atoms. The van der Waals surface area contributed by atoms with E-state index in [2.05, 4.69) is 26.2 Å². The lowest BCUT2D eigenvalue weighted by molar-refractivity contribution is -0.385. The highest BCUT2D eigenvalue weighted by Crippen LogP contribution is 2.32. The number of fused-ring (bicyclic) bond motifs is 1. The molecular weight excluding hydrogens is 502 g/mol. The average Bonchev–Trinajstić information content (AvgIpc) is 2.82. The molecule has 1 heterocycles. The van der Waals surface area contributed by atoms with Crippen molar-refractivity contribution >= 4 is 44.1 Å². The highest BCUT2D eigenvalue weighted by atomic mass is 79.9. The van der Waals surface area contributed by atoms with Crippen molar-refractivity contribution in [3.05, 3.63) is 74.0 Å². The molecule has 0 aliphatic heterocycles. The van der Waals surface area contributed by atoms with Gasteiger partial charge < -0.3 is 10.4 Å². The summed E-state index contributed by atoms with van der Waals surface area (Å²) >= 11 is 3.24. The minimum atomic E-state index is -0.479. The van der Waals surface area contributed by atoms with E-state index < -0.39 is 4.92 Å². The van der Waals surface area contributed by atoms with E-state index in [0.29, 0.717) is 45.6 Å². The Kier molecular flexibility index (Phi) is 8.33. The van der Waals surface area contributed by atoms with Gasteiger partial charge in [0.25, 0.3) is 11.6 Å². The molecule has 0 aliphatic rings. The van der Waals surface area contributed by atoms with Crippen LogP contribution < -0.4 is 5.32 Å². The lowest BCUT2D eigenvalue weighted by atomic mass is 9.89. The van der Waals surface area contributed by atoms with Crippen LogP contribution in [0.3, 0.4) is 0 Å². The molecule has 34 heavy (non-hydrogen) atoms. The van der Waals surface area contributed by atoms with Crippen LogP contribution in [0.4, 0.5) is 5.69 Å². The maximum Gasteiger partial charge on any atom is 0.274 e. The molecule has 9 heteroatoms. The van der Waals surface area contributed by atoms with Crippen molar-refractivity contribution in [2.75, 3.05) is 7.05 Å². The average molecular weight is 528 g/mol. The number of aromatic nitrogens is 1. The van der Waals surface area contributed by atoms with Gasteiger partial charge in [0.15, 0.2) is 5.78 Å². The number of halogens is 1. The second-order valence-electron chi connectivity index (χ2n) is 8.14. The van der Waals surface area contributed by atoms with Crippen LogP contribution >= 0.6 is 15.9 Å². The normalized spacial score (nSPS) is 11.9. The van der Waals surface area contributed by atoms with Gasteiger partial charge in [-0.05, 0) is 37.3 Å². The number of aromatic hydroxyl groups is 1. The first-order chi connectivity index (χ1) is 16.3. The van der Waals surface area contributed by atoms with Gasteiger partial charge in [0.05, 0.1) is 10.5 Å². The fourth-order valence-corrected chi connectivity index (χ4v) is 4.65. The Morgan fingerprint density at radius 2 is 2.00 bits per heavy atom. The van der Waals surface area contributed by atoms with Gasteiger partial charge in [-0.1, -0.05) is 41.4 Å². The van der Waals surface area contributed by atoms with E-state index in [1.54, 1.807) is 30.5 Å². The summed E-state index contributed by atoms with van der Waals surface area (Å²) in [5, 5.41) is 25.6. The number of phenolic OH excluding ortho intramolecular Hbond substituents is 1. The van der Waals surface area contributed by atoms with E-state index >= 15 is 0 Å². The number of benzene rings is 2. The minimum Gasteiger partial charge on any atom is -0.507 e. The third kappa shape index (κ3) is 5.59.